The molecule has 1 aliphatic heterocycles. The number of rotatable bonds is 3. The van der Waals surface area contributed by atoms with Gasteiger partial charge < -0.3 is 9.64 Å². The van der Waals surface area contributed by atoms with Gasteiger partial charge in [-0.3, -0.25) is 0 Å². The lowest BCUT2D eigenvalue weighted by Gasteiger charge is -2.27. The molecule has 3 aromatic heterocycles. The molecule has 0 unspecified atom stereocenters. The number of methoxy groups -OCH3 is 1. The summed E-state index contributed by atoms with van der Waals surface area (Å²) in [4.78, 5) is 16.4. The zero-order chi connectivity index (χ0) is 18.4. The molecule has 0 amide bonds. The van der Waals surface area contributed by atoms with Gasteiger partial charge in [-0.2, -0.15) is 0 Å². The molecule has 9 heteroatoms. The van der Waals surface area contributed by atoms with E-state index in [0.29, 0.717) is 17.4 Å². The molecule has 0 N–H and O–H groups in total. The Labute approximate surface area is 164 Å². The second-order valence-electron chi connectivity index (χ2n) is 6.22. The van der Waals surface area contributed by atoms with Crippen molar-refractivity contribution in [3.63, 3.8) is 0 Å². The molecule has 1 aromatic carbocycles. The lowest BCUT2D eigenvalue weighted by molar-refractivity contribution is 0.387. The van der Waals surface area contributed by atoms with Crippen molar-refractivity contribution in [3.05, 3.63) is 53.1 Å². The Hall–Kier alpha value is -2.71. The van der Waals surface area contributed by atoms with Crippen LogP contribution >= 0.6 is 22.9 Å². The summed E-state index contributed by atoms with van der Waals surface area (Å²) >= 11 is 7.53. The minimum Gasteiger partial charge on any atom is -0.481 e. The van der Waals surface area contributed by atoms with Crippen LogP contribution in [0.25, 0.3) is 16.2 Å². The van der Waals surface area contributed by atoms with Crippen molar-refractivity contribution in [2.45, 2.75) is 13.0 Å². The van der Waals surface area contributed by atoms with Gasteiger partial charge in [-0.25, -0.2) is 19.5 Å². The number of aromatic nitrogens is 5. The quantitative estimate of drug-likeness (QED) is 0.526. The fraction of sp³-hybridized carbons (Fsp3) is 0.222. The van der Waals surface area contributed by atoms with Crippen LogP contribution in [-0.4, -0.2) is 38.2 Å². The Balaban J connectivity index is 1.44. The maximum Gasteiger partial charge on any atom is 0.221 e. The van der Waals surface area contributed by atoms with Gasteiger partial charge in [0.15, 0.2) is 0 Å². The number of ether oxygens (including phenoxy) is 1. The van der Waals surface area contributed by atoms with Crippen molar-refractivity contribution in [3.8, 4) is 17.1 Å². The first-order valence-electron chi connectivity index (χ1n) is 8.45. The second-order valence-corrected chi connectivity index (χ2v) is 7.60. The Kier molecular flexibility index (Phi) is 3.95. The highest BCUT2D eigenvalue weighted by Crippen LogP contribution is 2.32. The number of halogens is 1. The van der Waals surface area contributed by atoms with Crippen LogP contribution in [0.2, 0.25) is 5.02 Å². The molecule has 136 valence electrons. The van der Waals surface area contributed by atoms with Gasteiger partial charge in [-0.15, -0.1) is 5.10 Å². The van der Waals surface area contributed by atoms with Gasteiger partial charge in [0.1, 0.15) is 6.33 Å². The monoisotopic (exact) mass is 398 g/mol. The number of hydrogen-bond donors (Lipinski definition) is 0. The van der Waals surface area contributed by atoms with E-state index in [9.17, 15) is 0 Å². The van der Waals surface area contributed by atoms with Gasteiger partial charge in [0.2, 0.25) is 16.0 Å². The SMILES string of the molecule is COc1ncnc2c1CN(c1nn3cc(-c4ccc(Cl)cc4)nc3s1)CC2. The number of benzene rings is 1. The van der Waals surface area contributed by atoms with Crippen LogP contribution in [0.5, 0.6) is 5.88 Å². The predicted octanol–water partition coefficient (Wildman–Crippen LogP) is 3.47. The molecule has 5 rings (SSSR count). The first-order valence-corrected chi connectivity index (χ1v) is 9.64. The van der Waals surface area contributed by atoms with E-state index in [1.165, 1.54) is 0 Å². The Morgan fingerprint density at radius 2 is 2.04 bits per heavy atom. The molecule has 0 bridgehead atoms. The average Bonchev–Trinajstić information content (AvgIpc) is 3.27. The highest BCUT2D eigenvalue weighted by molar-refractivity contribution is 7.20. The summed E-state index contributed by atoms with van der Waals surface area (Å²) in [6, 6.07) is 7.65. The first kappa shape index (κ1) is 16.5. The third-order valence-corrected chi connectivity index (χ3v) is 5.83. The van der Waals surface area contributed by atoms with E-state index < -0.39 is 0 Å². The zero-order valence-electron chi connectivity index (χ0n) is 14.5. The smallest absolute Gasteiger partial charge is 0.221 e. The topological polar surface area (TPSA) is 68.4 Å². The molecular weight excluding hydrogens is 384 g/mol. The highest BCUT2D eigenvalue weighted by Gasteiger charge is 2.24. The van der Waals surface area contributed by atoms with Gasteiger partial charge in [-0.1, -0.05) is 35.1 Å². The molecule has 0 saturated heterocycles. The van der Waals surface area contributed by atoms with Crippen molar-refractivity contribution >= 4 is 33.0 Å². The molecule has 0 spiro atoms. The third kappa shape index (κ3) is 2.90. The summed E-state index contributed by atoms with van der Waals surface area (Å²) < 4.78 is 7.22. The van der Waals surface area contributed by atoms with Crippen molar-refractivity contribution in [1.29, 1.82) is 0 Å². The minimum absolute atomic E-state index is 0.635. The maximum atomic E-state index is 5.96. The van der Waals surface area contributed by atoms with Crippen LogP contribution in [0.15, 0.2) is 36.8 Å². The summed E-state index contributed by atoms with van der Waals surface area (Å²) in [6.45, 7) is 1.54. The van der Waals surface area contributed by atoms with Crippen molar-refractivity contribution in [2.24, 2.45) is 0 Å². The molecule has 1 aliphatic rings. The molecule has 4 aromatic rings. The lowest BCUT2D eigenvalue weighted by Crippen LogP contribution is -2.31. The molecule has 7 nitrogen and oxygen atoms in total. The molecule has 0 aliphatic carbocycles. The van der Waals surface area contributed by atoms with Crippen LogP contribution < -0.4 is 9.64 Å². The van der Waals surface area contributed by atoms with Gasteiger partial charge >= 0.3 is 0 Å². The van der Waals surface area contributed by atoms with E-state index in [4.69, 9.17) is 26.4 Å². The summed E-state index contributed by atoms with van der Waals surface area (Å²) in [6.07, 6.45) is 4.34. The van der Waals surface area contributed by atoms with E-state index in [0.717, 1.165) is 45.6 Å². The second kappa shape index (κ2) is 6.47. The van der Waals surface area contributed by atoms with E-state index in [-0.39, 0.29) is 0 Å². The average molecular weight is 399 g/mol. The third-order valence-electron chi connectivity index (χ3n) is 4.60. The fourth-order valence-electron chi connectivity index (χ4n) is 3.23. The molecule has 27 heavy (non-hydrogen) atoms. The van der Waals surface area contributed by atoms with Crippen molar-refractivity contribution < 1.29 is 4.74 Å². The fourth-order valence-corrected chi connectivity index (χ4v) is 4.27. The van der Waals surface area contributed by atoms with Gasteiger partial charge in [0.25, 0.3) is 0 Å². The summed E-state index contributed by atoms with van der Waals surface area (Å²) in [7, 11) is 1.64. The van der Waals surface area contributed by atoms with Gasteiger partial charge in [-0.05, 0) is 12.1 Å². The van der Waals surface area contributed by atoms with Crippen LogP contribution in [-0.2, 0) is 13.0 Å². The Morgan fingerprint density at radius 3 is 2.81 bits per heavy atom. The van der Waals surface area contributed by atoms with Crippen LogP contribution in [0, 0.1) is 0 Å². The predicted molar refractivity (Wildman–Crippen MR) is 105 cm³/mol. The maximum absolute atomic E-state index is 5.96. The molecule has 0 atom stereocenters. The molecule has 0 radical (unpaired) electrons. The first-order chi connectivity index (χ1) is 13.2. The molecule has 0 fully saturated rings. The largest absolute Gasteiger partial charge is 0.481 e. The van der Waals surface area contributed by atoms with E-state index in [1.807, 2.05) is 35.0 Å². The zero-order valence-corrected chi connectivity index (χ0v) is 16.0. The van der Waals surface area contributed by atoms with Crippen LogP contribution in [0.1, 0.15) is 11.3 Å². The highest BCUT2D eigenvalue weighted by atomic mass is 35.5. The molecular formula is C18H15ClN6OS. The van der Waals surface area contributed by atoms with Gasteiger partial charge in [0, 0.05) is 23.6 Å². The number of imidazole rings is 1. The number of hydrogen-bond acceptors (Lipinski definition) is 7. The standard InChI is InChI=1S/C18H15ClN6OS/c1-26-16-13-8-24(7-6-14(13)20-10-21-16)18-23-25-9-15(22-17(25)27-18)11-2-4-12(19)5-3-11/h2-5,9-10H,6-8H2,1H3. The Bertz CT molecular complexity index is 1080. The van der Waals surface area contributed by atoms with Gasteiger partial charge in [0.05, 0.1) is 36.8 Å². The number of anilines is 1. The summed E-state index contributed by atoms with van der Waals surface area (Å²) in [5, 5.41) is 6.36. The summed E-state index contributed by atoms with van der Waals surface area (Å²) in [5.74, 6) is 0.635. The number of nitrogens with zero attached hydrogens (tertiary/aromatic N) is 6. The van der Waals surface area contributed by atoms with Crippen molar-refractivity contribution in [1.82, 2.24) is 24.6 Å². The summed E-state index contributed by atoms with van der Waals surface area (Å²) in [5.41, 5.74) is 3.98. The van der Waals surface area contributed by atoms with Crippen LogP contribution in [0.3, 0.4) is 0 Å². The number of fused-ring (bicyclic) bond motifs is 2. The minimum atomic E-state index is 0.635. The molecule has 0 saturated carbocycles. The van der Waals surface area contributed by atoms with Crippen LogP contribution in [0.4, 0.5) is 5.13 Å². The van der Waals surface area contributed by atoms with E-state index in [2.05, 4.69) is 14.9 Å². The van der Waals surface area contributed by atoms with E-state index in [1.54, 1.807) is 24.8 Å². The Morgan fingerprint density at radius 1 is 1.19 bits per heavy atom. The van der Waals surface area contributed by atoms with E-state index >= 15 is 0 Å². The van der Waals surface area contributed by atoms with Crippen molar-refractivity contribution in [2.75, 3.05) is 18.6 Å². The lowest BCUT2D eigenvalue weighted by atomic mass is 10.1. The molecule has 4 heterocycles. The normalized spacial score (nSPS) is 13.8.